The largest absolute Gasteiger partial charge is 0.300 e. The number of nitrogens with zero attached hydrogens (tertiary/aromatic N) is 5. The minimum atomic E-state index is -0.131. The molecule has 3 heterocycles. The van der Waals surface area contributed by atoms with E-state index in [0.717, 1.165) is 49.7 Å². The van der Waals surface area contributed by atoms with Crippen molar-refractivity contribution in [1.82, 2.24) is 29.4 Å². The Morgan fingerprint density at radius 1 is 1.04 bits per heavy atom. The second kappa shape index (κ2) is 7.61. The fourth-order valence-corrected chi connectivity index (χ4v) is 3.56. The first kappa shape index (κ1) is 17.3. The number of benzene rings is 1. The highest BCUT2D eigenvalue weighted by Gasteiger charge is 2.18. The Morgan fingerprint density at radius 3 is 2.50 bits per heavy atom. The van der Waals surface area contributed by atoms with Crippen LogP contribution < -0.4 is 5.56 Å². The molecule has 26 heavy (non-hydrogen) atoms. The molecule has 1 saturated heterocycles. The lowest BCUT2D eigenvalue weighted by Crippen LogP contribution is -2.46. The van der Waals surface area contributed by atoms with E-state index in [0.29, 0.717) is 18.1 Å². The van der Waals surface area contributed by atoms with Crippen molar-refractivity contribution < 1.29 is 0 Å². The van der Waals surface area contributed by atoms with E-state index in [9.17, 15) is 4.79 Å². The van der Waals surface area contributed by atoms with Crippen molar-refractivity contribution in [2.45, 2.75) is 6.54 Å². The number of fused-ring (bicyclic) bond motifs is 1. The molecule has 1 N–H and O–H groups in total. The maximum atomic E-state index is 12.4. The van der Waals surface area contributed by atoms with Crippen molar-refractivity contribution in [2.75, 3.05) is 38.5 Å². The minimum Gasteiger partial charge on any atom is -0.300 e. The summed E-state index contributed by atoms with van der Waals surface area (Å²) in [7, 11) is 0. The van der Waals surface area contributed by atoms with E-state index in [1.807, 2.05) is 30.3 Å². The van der Waals surface area contributed by atoms with Crippen molar-refractivity contribution in [1.29, 1.82) is 0 Å². The van der Waals surface area contributed by atoms with Crippen LogP contribution >= 0.6 is 12.6 Å². The molecule has 0 amide bonds. The molecule has 0 aliphatic carbocycles. The molecule has 0 unspecified atom stereocenters. The van der Waals surface area contributed by atoms with Gasteiger partial charge in [0.05, 0.1) is 5.69 Å². The van der Waals surface area contributed by atoms with Crippen LogP contribution in [0.5, 0.6) is 0 Å². The van der Waals surface area contributed by atoms with Crippen LogP contribution in [0, 0.1) is 0 Å². The van der Waals surface area contributed by atoms with Crippen LogP contribution in [-0.4, -0.2) is 67.9 Å². The molecule has 7 nitrogen and oxygen atoms in total. The fourth-order valence-electron chi connectivity index (χ4n) is 3.28. The van der Waals surface area contributed by atoms with Crippen LogP contribution in [0.2, 0.25) is 0 Å². The van der Waals surface area contributed by atoms with Gasteiger partial charge in [0.1, 0.15) is 0 Å². The van der Waals surface area contributed by atoms with E-state index in [1.165, 1.54) is 4.52 Å². The van der Waals surface area contributed by atoms with Gasteiger partial charge in [0.15, 0.2) is 5.82 Å². The zero-order valence-corrected chi connectivity index (χ0v) is 15.4. The molecule has 1 aliphatic heterocycles. The maximum Gasteiger partial charge on any atom is 0.274 e. The van der Waals surface area contributed by atoms with Gasteiger partial charge in [-0.25, -0.2) is 4.98 Å². The first-order valence-corrected chi connectivity index (χ1v) is 9.46. The summed E-state index contributed by atoms with van der Waals surface area (Å²) < 4.78 is 1.40. The lowest BCUT2D eigenvalue weighted by atomic mass is 10.2. The van der Waals surface area contributed by atoms with Gasteiger partial charge in [-0.05, 0) is 0 Å². The summed E-state index contributed by atoms with van der Waals surface area (Å²) in [6.07, 6.45) is 0. The van der Waals surface area contributed by atoms with Crippen LogP contribution in [0.25, 0.3) is 17.2 Å². The molecule has 2 aromatic heterocycles. The second-order valence-electron chi connectivity index (χ2n) is 6.50. The summed E-state index contributed by atoms with van der Waals surface area (Å²) in [6.45, 7) is 5.71. The van der Waals surface area contributed by atoms with E-state index < -0.39 is 0 Å². The number of rotatable bonds is 5. The topological polar surface area (TPSA) is 69.5 Å². The van der Waals surface area contributed by atoms with Crippen LogP contribution in [0.1, 0.15) is 5.69 Å². The van der Waals surface area contributed by atoms with E-state index in [4.69, 9.17) is 0 Å². The summed E-state index contributed by atoms with van der Waals surface area (Å²) in [5.41, 5.74) is 1.57. The van der Waals surface area contributed by atoms with E-state index >= 15 is 0 Å². The number of hydrogen-bond acceptors (Lipinski definition) is 6. The van der Waals surface area contributed by atoms with Gasteiger partial charge in [0.25, 0.3) is 11.3 Å². The van der Waals surface area contributed by atoms with Crippen LogP contribution in [0.4, 0.5) is 0 Å². The Morgan fingerprint density at radius 2 is 1.77 bits per heavy atom. The average molecular weight is 370 g/mol. The molecule has 3 aromatic rings. The van der Waals surface area contributed by atoms with Crippen LogP contribution in [-0.2, 0) is 6.54 Å². The van der Waals surface area contributed by atoms with Gasteiger partial charge in [0.2, 0.25) is 0 Å². The molecular formula is C18H22N6OS. The Kier molecular flexibility index (Phi) is 5.05. The van der Waals surface area contributed by atoms with Gasteiger partial charge in [0, 0.05) is 56.7 Å². The molecule has 0 atom stereocenters. The number of piperazine rings is 1. The second-order valence-corrected chi connectivity index (χ2v) is 6.95. The van der Waals surface area contributed by atoms with Gasteiger partial charge in [-0.1, -0.05) is 30.3 Å². The molecule has 1 aromatic carbocycles. The molecule has 0 saturated carbocycles. The average Bonchev–Trinajstić information content (AvgIpc) is 3.09. The summed E-state index contributed by atoms with van der Waals surface area (Å²) in [5.74, 6) is 1.95. The van der Waals surface area contributed by atoms with Gasteiger partial charge in [-0.15, -0.1) is 0 Å². The molecule has 1 aliphatic rings. The monoisotopic (exact) mass is 370 g/mol. The molecular weight excluding hydrogens is 348 g/mol. The molecule has 0 spiro atoms. The highest BCUT2D eigenvalue weighted by Crippen LogP contribution is 2.14. The predicted octanol–water partition coefficient (Wildman–Crippen LogP) is 1.13. The quantitative estimate of drug-likeness (QED) is 0.659. The van der Waals surface area contributed by atoms with Crippen LogP contribution in [0.3, 0.4) is 0 Å². The van der Waals surface area contributed by atoms with Gasteiger partial charge in [-0.2, -0.15) is 22.1 Å². The third-order valence-corrected chi connectivity index (χ3v) is 4.90. The SMILES string of the molecule is O=c1cc(CN2CCN(CCS)CC2)nc2nc(-c3ccccc3)[nH]n12. The Hall–Kier alpha value is -2.16. The first-order valence-electron chi connectivity index (χ1n) is 8.82. The Balaban J connectivity index is 1.53. The van der Waals surface area contributed by atoms with Crippen molar-refractivity contribution in [3.05, 3.63) is 52.4 Å². The highest BCUT2D eigenvalue weighted by atomic mass is 32.1. The van der Waals surface area contributed by atoms with Crippen molar-refractivity contribution in [3.63, 3.8) is 0 Å². The van der Waals surface area contributed by atoms with Crippen LogP contribution in [0.15, 0.2) is 41.2 Å². The number of aromatic amines is 1. The zero-order chi connectivity index (χ0) is 17.9. The summed E-state index contributed by atoms with van der Waals surface area (Å²) >= 11 is 4.30. The minimum absolute atomic E-state index is 0.131. The lowest BCUT2D eigenvalue weighted by Gasteiger charge is -2.34. The zero-order valence-electron chi connectivity index (χ0n) is 14.5. The summed E-state index contributed by atoms with van der Waals surface area (Å²) in [6, 6.07) is 11.3. The van der Waals surface area contributed by atoms with Gasteiger partial charge in [-0.3, -0.25) is 19.7 Å². The van der Waals surface area contributed by atoms with E-state index in [-0.39, 0.29) is 5.56 Å². The normalized spacial score (nSPS) is 16.3. The predicted molar refractivity (Wildman–Crippen MR) is 105 cm³/mol. The summed E-state index contributed by atoms with van der Waals surface area (Å²) in [5, 5.41) is 3.03. The van der Waals surface area contributed by atoms with E-state index in [2.05, 4.69) is 37.5 Å². The molecule has 8 heteroatoms. The van der Waals surface area contributed by atoms with Crippen molar-refractivity contribution in [2.24, 2.45) is 0 Å². The molecule has 0 bridgehead atoms. The van der Waals surface area contributed by atoms with Gasteiger partial charge >= 0.3 is 0 Å². The summed E-state index contributed by atoms with van der Waals surface area (Å²) in [4.78, 5) is 26.3. The number of H-pyrrole nitrogens is 1. The molecule has 136 valence electrons. The third kappa shape index (κ3) is 3.67. The molecule has 4 rings (SSSR count). The number of hydrogen-bond donors (Lipinski definition) is 2. The van der Waals surface area contributed by atoms with Crippen molar-refractivity contribution in [3.8, 4) is 11.4 Å². The lowest BCUT2D eigenvalue weighted by molar-refractivity contribution is 0.131. The number of thiol groups is 1. The fraction of sp³-hybridized carbons (Fsp3) is 0.389. The first-order chi connectivity index (χ1) is 12.7. The van der Waals surface area contributed by atoms with Gasteiger partial charge < -0.3 is 0 Å². The smallest absolute Gasteiger partial charge is 0.274 e. The number of aromatic nitrogens is 4. The Labute approximate surface area is 157 Å². The molecule has 1 fully saturated rings. The highest BCUT2D eigenvalue weighted by molar-refractivity contribution is 7.80. The van der Waals surface area contributed by atoms with Crippen molar-refractivity contribution >= 4 is 18.4 Å². The maximum absolute atomic E-state index is 12.4. The third-order valence-electron chi connectivity index (χ3n) is 4.70. The van der Waals surface area contributed by atoms with E-state index in [1.54, 1.807) is 6.07 Å². The standard InChI is InChI=1S/C18H22N6OS/c25-16-12-15(13-23-8-6-22(7-9-23)10-11-26)19-18-20-17(21-24(16)18)14-4-2-1-3-5-14/h1-5,12,26H,6-11,13H2,(H,19,20,21). The Bertz CT molecular complexity index is 930. The molecule has 0 radical (unpaired) electrons. The number of nitrogens with one attached hydrogen (secondary N) is 1.